The lowest BCUT2D eigenvalue weighted by molar-refractivity contribution is 0.0618. The van der Waals surface area contributed by atoms with Gasteiger partial charge in [0.1, 0.15) is 5.69 Å². The van der Waals surface area contributed by atoms with E-state index >= 15 is 0 Å². The van der Waals surface area contributed by atoms with Crippen LogP contribution in [-0.2, 0) is 0 Å². The minimum Gasteiger partial charge on any atom is -0.363 e. The molecule has 2 aromatic heterocycles. The Morgan fingerprint density at radius 3 is 2.68 bits per heavy atom. The molecule has 1 amide bonds. The standard InChI is InChI=1S/C19H24N4OS/c24-19(21-16-12-22-7-3-13(16)4-8-22)15-10-17-14(11-20-15)9-18(25-17)23-5-1-2-6-23/h9-11,13,16H,1-8,12H2,(H,21,24)/t16-/m0/s1. The zero-order valence-electron chi connectivity index (χ0n) is 14.4. The highest BCUT2D eigenvalue weighted by Gasteiger charge is 2.35. The zero-order chi connectivity index (χ0) is 16.8. The Labute approximate surface area is 152 Å². The molecule has 0 spiro atoms. The fourth-order valence-electron chi connectivity index (χ4n) is 4.51. The minimum absolute atomic E-state index is 0.0169. The summed E-state index contributed by atoms with van der Waals surface area (Å²) in [5.41, 5.74) is 0.554. The highest BCUT2D eigenvalue weighted by molar-refractivity contribution is 7.22. The molecule has 0 radical (unpaired) electrons. The van der Waals surface area contributed by atoms with Crippen LogP contribution in [0.15, 0.2) is 18.3 Å². The number of anilines is 1. The Kier molecular flexibility index (Phi) is 3.90. The molecular formula is C19H24N4OS. The summed E-state index contributed by atoms with van der Waals surface area (Å²) in [5.74, 6) is 0.623. The van der Waals surface area contributed by atoms with Crippen LogP contribution < -0.4 is 10.2 Å². The van der Waals surface area contributed by atoms with Gasteiger partial charge in [-0.1, -0.05) is 0 Å². The van der Waals surface area contributed by atoms with Crippen LogP contribution in [0.4, 0.5) is 5.00 Å². The molecule has 1 atom stereocenters. The average Bonchev–Trinajstić information content (AvgIpc) is 3.31. The Hall–Kier alpha value is -1.66. The number of carbonyl (C=O) groups excluding carboxylic acids is 1. The molecule has 0 aliphatic carbocycles. The van der Waals surface area contributed by atoms with Crippen molar-refractivity contribution in [3.05, 3.63) is 24.0 Å². The van der Waals surface area contributed by atoms with Crippen LogP contribution in [0.25, 0.3) is 10.1 Å². The van der Waals surface area contributed by atoms with E-state index in [1.807, 2.05) is 12.3 Å². The summed E-state index contributed by atoms with van der Waals surface area (Å²) >= 11 is 1.78. The predicted octanol–water partition coefficient (Wildman–Crippen LogP) is 2.72. The summed E-state index contributed by atoms with van der Waals surface area (Å²) in [6.07, 6.45) is 6.83. The van der Waals surface area contributed by atoms with Crippen molar-refractivity contribution in [2.45, 2.75) is 31.7 Å². The maximum Gasteiger partial charge on any atom is 0.270 e. The van der Waals surface area contributed by atoms with E-state index in [2.05, 4.69) is 26.2 Å². The fourth-order valence-corrected chi connectivity index (χ4v) is 5.63. The van der Waals surface area contributed by atoms with Crippen LogP contribution in [0.2, 0.25) is 0 Å². The normalized spacial score (nSPS) is 28.6. The number of amides is 1. The van der Waals surface area contributed by atoms with E-state index in [1.165, 1.54) is 43.8 Å². The molecule has 4 fully saturated rings. The number of fused-ring (bicyclic) bond motifs is 4. The maximum absolute atomic E-state index is 12.7. The molecule has 4 saturated heterocycles. The second-order valence-electron chi connectivity index (χ2n) is 7.60. The molecule has 0 saturated carbocycles. The number of nitrogens with one attached hydrogen (secondary N) is 1. The highest BCUT2D eigenvalue weighted by atomic mass is 32.1. The summed E-state index contributed by atoms with van der Waals surface area (Å²) in [5, 5.41) is 5.70. The molecule has 132 valence electrons. The molecule has 2 bridgehead atoms. The van der Waals surface area contributed by atoms with Gasteiger partial charge >= 0.3 is 0 Å². The monoisotopic (exact) mass is 356 g/mol. The number of piperidine rings is 3. The van der Waals surface area contributed by atoms with Gasteiger partial charge in [-0.2, -0.15) is 0 Å². The van der Waals surface area contributed by atoms with Crippen molar-refractivity contribution in [1.82, 2.24) is 15.2 Å². The van der Waals surface area contributed by atoms with Crippen LogP contribution >= 0.6 is 11.3 Å². The van der Waals surface area contributed by atoms with Gasteiger partial charge in [0.25, 0.3) is 5.91 Å². The van der Waals surface area contributed by atoms with Gasteiger partial charge in [-0.15, -0.1) is 11.3 Å². The lowest BCUT2D eigenvalue weighted by Gasteiger charge is -2.44. The predicted molar refractivity (Wildman–Crippen MR) is 101 cm³/mol. The molecule has 6 heterocycles. The first-order chi connectivity index (χ1) is 12.3. The van der Waals surface area contributed by atoms with Crippen LogP contribution in [-0.4, -0.2) is 54.6 Å². The first-order valence-electron chi connectivity index (χ1n) is 9.44. The summed E-state index contributed by atoms with van der Waals surface area (Å²) in [6.45, 7) is 5.67. The molecule has 25 heavy (non-hydrogen) atoms. The molecule has 4 aliphatic rings. The number of rotatable bonds is 3. The van der Waals surface area contributed by atoms with Crippen molar-refractivity contribution in [2.75, 3.05) is 37.6 Å². The van der Waals surface area contributed by atoms with Crippen LogP contribution in [0.5, 0.6) is 0 Å². The van der Waals surface area contributed by atoms with E-state index in [9.17, 15) is 4.79 Å². The first-order valence-corrected chi connectivity index (χ1v) is 10.3. The summed E-state index contributed by atoms with van der Waals surface area (Å²) < 4.78 is 1.16. The van der Waals surface area contributed by atoms with Crippen molar-refractivity contribution >= 4 is 32.3 Å². The molecule has 4 aliphatic heterocycles. The third-order valence-electron chi connectivity index (χ3n) is 6.01. The number of hydrogen-bond acceptors (Lipinski definition) is 5. The lowest BCUT2D eigenvalue weighted by atomic mass is 9.84. The quantitative estimate of drug-likeness (QED) is 0.919. The number of aromatic nitrogens is 1. The van der Waals surface area contributed by atoms with Gasteiger partial charge in [0, 0.05) is 42.0 Å². The second kappa shape index (κ2) is 6.25. The van der Waals surface area contributed by atoms with E-state index < -0.39 is 0 Å². The maximum atomic E-state index is 12.7. The van der Waals surface area contributed by atoms with E-state index in [0.717, 1.165) is 29.7 Å². The van der Waals surface area contributed by atoms with Crippen molar-refractivity contribution in [1.29, 1.82) is 0 Å². The topological polar surface area (TPSA) is 48.5 Å². The lowest BCUT2D eigenvalue weighted by Crippen LogP contribution is -2.57. The number of pyridine rings is 1. The van der Waals surface area contributed by atoms with Gasteiger partial charge in [-0.05, 0) is 56.8 Å². The third-order valence-corrected chi connectivity index (χ3v) is 7.17. The van der Waals surface area contributed by atoms with Crippen molar-refractivity contribution < 1.29 is 4.79 Å². The van der Waals surface area contributed by atoms with E-state index in [1.54, 1.807) is 11.3 Å². The molecule has 6 rings (SSSR count). The van der Waals surface area contributed by atoms with Gasteiger partial charge in [0.2, 0.25) is 0 Å². The third kappa shape index (κ3) is 2.91. The van der Waals surface area contributed by atoms with Gasteiger partial charge < -0.3 is 15.1 Å². The van der Waals surface area contributed by atoms with Crippen LogP contribution in [0, 0.1) is 5.92 Å². The zero-order valence-corrected chi connectivity index (χ0v) is 15.2. The largest absolute Gasteiger partial charge is 0.363 e. The molecule has 6 heteroatoms. The summed E-state index contributed by atoms with van der Waals surface area (Å²) in [7, 11) is 0. The molecule has 1 N–H and O–H groups in total. The number of carbonyl (C=O) groups is 1. The van der Waals surface area contributed by atoms with Crippen LogP contribution in [0.3, 0.4) is 0 Å². The van der Waals surface area contributed by atoms with E-state index in [4.69, 9.17) is 0 Å². The highest BCUT2D eigenvalue weighted by Crippen LogP contribution is 2.34. The van der Waals surface area contributed by atoms with Crippen LogP contribution in [0.1, 0.15) is 36.2 Å². The first kappa shape index (κ1) is 15.6. The van der Waals surface area contributed by atoms with E-state index in [0.29, 0.717) is 11.6 Å². The number of hydrogen-bond donors (Lipinski definition) is 1. The fraction of sp³-hybridized carbons (Fsp3) is 0.579. The molecule has 5 nitrogen and oxygen atoms in total. The molecule has 0 unspecified atom stereocenters. The molecular weight excluding hydrogens is 332 g/mol. The van der Waals surface area contributed by atoms with Gasteiger partial charge in [0.05, 0.1) is 5.00 Å². The second-order valence-corrected chi connectivity index (χ2v) is 8.67. The van der Waals surface area contributed by atoms with E-state index in [-0.39, 0.29) is 11.9 Å². The van der Waals surface area contributed by atoms with Gasteiger partial charge in [-0.25, -0.2) is 0 Å². The van der Waals surface area contributed by atoms with Gasteiger partial charge in [0.15, 0.2) is 0 Å². The van der Waals surface area contributed by atoms with Gasteiger partial charge in [-0.3, -0.25) is 9.78 Å². The minimum atomic E-state index is -0.0169. The van der Waals surface area contributed by atoms with Crippen molar-refractivity contribution in [2.24, 2.45) is 5.92 Å². The SMILES string of the molecule is O=C(N[C@H]1CN2CCC1CC2)c1cc2sc(N3CCCC3)cc2cn1. The molecule has 0 aromatic carbocycles. The van der Waals surface area contributed by atoms with Crippen molar-refractivity contribution in [3.63, 3.8) is 0 Å². The average molecular weight is 356 g/mol. The summed E-state index contributed by atoms with van der Waals surface area (Å²) in [4.78, 5) is 22.0. The Balaban J connectivity index is 1.34. The smallest absolute Gasteiger partial charge is 0.270 e. The number of thiophene rings is 1. The number of nitrogens with zero attached hydrogens (tertiary/aromatic N) is 3. The Morgan fingerprint density at radius 1 is 1.16 bits per heavy atom. The summed E-state index contributed by atoms with van der Waals surface area (Å²) in [6, 6.07) is 4.47. The Morgan fingerprint density at radius 2 is 1.96 bits per heavy atom. The van der Waals surface area contributed by atoms with Crippen molar-refractivity contribution in [3.8, 4) is 0 Å². The molecule has 2 aromatic rings. The Bertz CT molecular complexity index is 790.